The second-order valence-electron chi connectivity index (χ2n) is 5.84. The van der Waals surface area contributed by atoms with E-state index in [2.05, 4.69) is 15.6 Å². The molecule has 0 spiro atoms. The van der Waals surface area contributed by atoms with Gasteiger partial charge in [-0.25, -0.2) is 4.98 Å². The van der Waals surface area contributed by atoms with E-state index in [9.17, 15) is 4.79 Å². The predicted molar refractivity (Wildman–Crippen MR) is 108 cm³/mol. The number of anilines is 3. The molecule has 0 saturated heterocycles. The average Bonchev–Trinajstić information content (AvgIpc) is 2.74. The van der Waals surface area contributed by atoms with Gasteiger partial charge in [-0.2, -0.15) is 0 Å². The fourth-order valence-electron chi connectivity index (χ4n) is 2.54. The van der Waals surface area contributed by atoms with Crippen molar-refractivity contribution in [1.82, 2.24) is 4.98 Å². The smallest absolute Gasteiger partial charge is 0.257 e. The zero-order chi connectivity index (χ0) is 19.9. The minimum atomic E-state index is -0.307. The van der Waals surface area contributed by atoms with E-state index >= 15 is 0 Å². The van der Waals surface area contributed by atoms with Crippen molar-refractivity contribution in [1.29, 1.82) is 0 Å². The largest absolute Gasteiger partial charge is 0.497 e. The molecule has 7 nitrogen and oxygen atoms in total. The molecule has 2 aromatic carbocycles. The maximum atomic E-state index is 12.5. The number of nitrogens with one attached hydrogen (secondary N) is 2. The Morgan fingerprint density at radius 1 is 0.821 bits per heavy atom. The Bertz CT molecular complexity index is 936. The van der Waals surface area contributed by atoms with Crippen molar-refractivity contribution in [2.24, 2.45) is 0 Å². The summed E-state index contributed by atoms with van der Waals surface area (Å²) in [5.41, 5.74) is 2.08. The summed E-state index contributed by atoms with van der Waals surface area (Å²) >= 11 is 0. The molecule has 28 heavy (non-hydrogen) atoms. The van der Waals surface area contributed by atoms with Crippen molar-refractivity contribution >= 4 is 23.1 Å². The molecular weight excluding hydrogens is 358 g/mol. The number of ether oxygens (including phenoxy) is 3. The maximum Gasteiger partial charge on any atom is 0.257 e. The molecule has 1 amide bonds. The number of aromatic nitrogens is 1. The highest BCUT2D eigenvalue weighted by Crippen LogP contribution is 2.24. The van der Waals surface area contributed by atoms with Gasteiger partial charge in [-0.05, 0) is 36.4 Å². The first-order chi connectivity index (χ1) is 13.6. The molecule has 0 bridgehead atoms. The van der Waals surface area contributed by atoms with Crippen LogP contribution in [0.1, 0.15) is 10.4 Å². The Kier molecular flexibility index (Phi) is 5.96. The van der Waals surface area contributed by atoms with Crippen LogP contribution in [0.15, 0.2) is 60.8 Å². The first kappa shape index (κ1) is 19.0. The highest BCUT2D eigenvalue weighted by Gasteiger charge is 2.11. The number of hydrogen-bond acceptors (Lipinski definition) is 6. The molecule has 2 N–H and O–H groups in total. The standard InChI is InChI=1S/C21H21N3O4/c1-26-17-6-4-5-15(11-17)23-16-7-8-20(22-13-16)24-21(25)14-9-18(27-2)12-19(10-14)28-3/h4-13,23H,1-3H3,(H,22,24,25). The van der Waals surface area contributed by atoms with Crippen molar-refractivity contribution in [3.05, 3.63) is 66.4 Å². The summed E-state index contributed by atoms with van der Waals surface area (Å²) in [7, 11) is 4.69. The number of rotatable bonds is 7. The number of nitrogens with zero attached hydrogens (tertiary/aromatic N) is 1. The molecule has 1 heterocycles. The molecule has 144 valence electrons. The lowest BCUT2D eigenvalue weighted by Crippen LogP contribution is -2.13. The molecule has 0 saturated carbocycles. The zero-order valence-corrected chi connectivity index (χ0v) is 15.9. The normalized spacial score (nSPS) is 10.1. The lowest BCUT2D eigenvalue weighted by molar-refractivity contribution is 0.102. The van der Waals surface area contributed by atoms with Gasteiger partial charge in [0.2, 0.25) is 0 Å². The number of hydrogen-bond donors (Lipinski definition) is 2. The number of amides is 1. The van der Waals surface area contributed by atoms with E-state index in [1.807, 2.05) is 30.3 Å². The average molecular weight is 379 g/mol. The van der Waals surface area contributed by atoms with Gasteiger partial charge in [-0.15, -0.1) is 0 Å². The van der Waals surface area contributed by atoms with Crippen molar-refractivity contribution in [3.63, 3.8) is 0 Å². The van der Waals surface area contributed by atoms with Crippen LogP contribution >= 0.6 is 0 Å². The van der Waals surface area contributed by atoms with Crippen LogP contribution in [0.2, 0.25) is 0 Å². The van der Waals surface area contributed by atoms with Gasteiger partial charge < -0.3 is 24.8 Å². The molecule has 0 aliphatic carbocycles. The van der Waals surface area contributed by atoms with Gasteiger partial charge >= 0.3 is 0 Å². The van der Waals surface area contributed by atoms with Gasteiger partial charge in [0.1, 0.15) is 23.1 Å². The molecule has 7 heteroatoms. The molecular formula is C21H21N3O4. The Morgan fingerprint density at radius 2 is 1.54 bits per heavy atom. The summed E-state index contributed by atoms with van der Waals surface area (Å²) in [5, 5.41) is 5.99. The van der Waals surface area contributed by atoms with Crippen molar-refractivity contribution in [3.8, 4) is 17.2 Å². The summed E-state index contributed by atoms with van der Waals surface area (Å²) < 4.78 is 15.6. The second-order valence-corrected chi connectivity index (χ2v) is 5.84. The third-order valence-corrected chi connectivity index (χ3v) is 3.98. The number of methoxy groups -OCH3 is 3. The number of carbonyl (C=O) groups is 1. The van der Waals surface area contributed by atoms with Gasteiger partial charge in [-0.3, -0.25) is 4.79 Å². The van der Waals surface area contributed by atoms with Crippen molar-refractivity contribution in [2.45, 2.75) is 0 Å². The molecule has 1 aromatic heterocycles. The van der Waals surface area contributed by atoms with Crippen molar-refractivity contribution in [2.75, 3.05) is 32.0 Å². The van der Waals surface area contributed by atoms with Gasteiger partial charge in [0.15, 0.2) is 0 Å². The van der Waals surface area contributed by atoms with E-state index in [1.165, 1.54) is 14.2 Å². The first-order valence-electron chi connectivity index (χ1n) is 8.53. The molecule has 0 aliphatic rings. The highest BCUT2D eigenvalue weighted by molar-refractivity contribution is 6.04. The van der Waals surface area contributed by atoms with Crippen LogP contribution in [0.4, 0.5) is 17.2 Å². The summed E-state index contributed by atoms with van der Waals surface area (Å²) in [6.45, 7) is 0. The molecule has 3 aromatic rings. The lowest BCUT2D eigenvalue weighted by atomic mass is 10.2. The summed E-state index contributed by atoms with van der Waals surface area (Å²) in [6.07, 6.45) is 1.64. The third-order valence-electron chi connectivity index (χ3n) is 3.98. The SMILES string of the molecule is COc1cccc(Nc2ccc(NC(=O)c3cc(OC)cc(OC)c3)nc2)c1. The van der Waals surface area contributed by atoms with Crippen LogP contribution in [-0.4, -0.2) is 32.2 Å². The Morgan fingerprint density at radius 3 is 2.14 bits per heavy atom. The van der Waals surface area contributed by atoms with E-state index in [0.717, 1.165) is 17.1 Å². The van der Waals surface area contributed by atoms with E-state index in [-0.39, 0.29) is 5.91 Å². The Labute approximate surface area is 163 Å². The van der Waals surface area contributed by atoms with Crippen LogP contribution in [0.5, 0.6) is 17.2 Å². The topological polar surface area (TPSA) is 81.7 Å². The van der Waals surface area contributed by atoms with Crippen LogP contribution in [0.3, 0.4) is 0 Å². The van der Waals surface area contributed by atoms with E-state index in [0.29, 0.717) is 22.9 Å². The van der Waals surface area contributed by atoms with Gasteiger partial charge in [0.05, 0.1) is 33.2 Å². The molecule has 0 unspecified atom stereocenters. The highest BCUT2D eigenvalue weighted by atomic mass is 16.5. The fraction of sp³-hybridized carbons (Fsp3) is 0.143. The number of benzene rings is 2. The summed E-state index contributed by atoms with van der Waals surface area (Å²) in [4.78, 5) is 16.8. The minimum Gasteiger partial charge on any atom is -0.497 e. The van der Waals surface area contributed by atoms with Gasteiger partial charge in [0.25, 0.3) is 5.91 Å². The van der Waals surface area contributed by atoms with Crippen molar-refractivity contribution < 1.29 is 19.0 Å². The molecule has 0 radical (unpaired) electrons. The second kappa shape index (κ2) is 8.77. The zero-order valence-electron chi connectivity index (χ0n) is 15.9. The van der Waals surface area contributed by atoms with Crippen LogP contribution < -0.4 is 24.8 Å². The minimum absolute atomic E-state index is 0.307. The maximum absolute atomic E-state index is 12.5. The first-order valence-corrected chi connectivity index (χ1v) is 8.53. The van der Waals surface area contributed by atoms with E-state index in [4.69, 9.17) is 14.2 Å². The van der Waals surface area contributed by atoms with E-state index < -0.39 is 0 Å². The summed E-state index contributed by atoms with van der Waals surface area (Å²) in [5.74, 6) is 1.96. The van der Waals surface area contributed by atoms with Crippen LogP contribution in [0, 0.1) is 0 Å². The van der Waals surface area contributed by atoms with Crippen LogP contribution in [-0.2, 0) is 0 Å². The molecule has 0 aliphatic heterocycles. The van der Waals surface area contributed by atoms with Crippen LogP contribution in [0.25, 0.3) is 0 Å². The Balaban J connectivity index is 1.69. The van der Waals surface area contributed by atoms with E-state index in [1.54, 1.807) is 37.6 Å². The Hall–Kier alpha value is -3.74. The number of carbonyl (C=O) groups excluding carboxylic acids is 1. The molecule has 0 atom stereocenters. The van der Waals surface area contributed by atoms with Gasteiger partial charge in [0, 0.05) is 23.4 Å². The van der Waals surface area contributed by atoms with Gasteiger partial charge in [-0.1, -0.05) is 6.07 Å². The molecule has 0 fully saturated rings. The third kappa shape index (κ3) is 4.70. The summed E-state index contributed by atoms with van der Waals surface area (Å²) in [6, 6.07) is 16.1. The monoisotopic (exact) mass is 379 g/mol. The lowest BCUT2D eigenvalue weighted by Gasteiger charge is -2.10. The number of pyridine rings is 1. The predicted octanol–water partition coefficient (Wildman–Crippen LogP) is 4.10. The quantitative estimate of drug-likeness (QED) is 0.643. The molecule has 3 rings (SSSR count). The fourth-order valence-corrected chi connectivity index (χ4v) is 2.54.